The van der Waals surface area contributed by atoms with E-state index in [1.165, 1.54) is 0 Å². The third-order valence-electron chi connectivity index (χ3n) is 6.92. The van der Waals surface area contributed by atoms with Crippen LogP contribution in [0.15, 0.2) is 109 Å². The number of benzene rings is 3. The first kappa shape index (κ1) is 30.5. The van der Waals surface area contributed by atoms with Gasteiger partial charge in [-0.2, -0.15) is 0 Å². The molecular weight excluding hydrogens is 707 g/mol. The molecule has 0 aliphatic heterocycles. The maximum absolute atomic E-state index is 17.9. The second kappa shape index (κ2) is 12.2. The maximum atomic E-state index is 17.9. The predicted molar refractivity (Wildman–Crippen MR) is 165 cm³/mol. The van der Waals surface area contributed by atoms with Gasteiger partial charge in [0.05, 0.1) is 11.4 Å². The Hall–Kier alpha value is -3.46. The molecule has 0 spiro atoms. The molecule has 6 rings (SSSR count). The molecule has 0 bridgehead atoms. The van der Waals surface area contributed by atoms with Crippen LogP contribution in [0, 0.1) is 12.1 Å². The van der Waals surface area contributed by atoms with Crippen LogP contribution >= 0.6 is 11.3 Å². The molecule has 0 N–H and O–H groups in total. The maximum Gasteiger partial charge on any atom is 2.00 e. The molecule has 0 fully saturated rings. The van der Waals surface area contributed by atoms with Gasteiger partial charge < -0.3 is 0 Å². The standard InChI is InChI=1S/C35H27FN2S.CH4.Pt/c1-34(2,3)26-19-21-27(22-20-26)35(36,32-17-9-14-28(37-32)24-11-5-4-6-12-24)33-18-10-15-29(38-33)31-23-25-13-7-8-16-30(25)39-31;;/h4-11,13-22H,1-3H3;1H4;/q-2;;+2. The number of thiophene rings is 1. The quantitative estimate of drug-likeness (QED) is 0.165. The third kappa shape index (κ3) is 5.96. The van der Waals surface area contributed by atoms with Crippen molar-refractivity contribution in [1.82, 2.24) is 9.97 Å². The van der Waals surface area contributed by atoms with Gasteiger partial charge in [0.15, 0.2) is 0 Å². The molecule has 3 aromatic heterocycles. The Morgan fingerprint density at radius 3 is 1.93 bits per heavy atom. The monoisotopic (exact) mass is 737 g/mol. The molecule has 3 aromatic carbocycles. The zero-order valence-electron chi connectivity index (χ0n) is 22.4. The van der Waals surface area contributed by atoms with Crippen molar-refractivity contribution in [2.45, 2.75) is 39.3 Å². The smallest absolute Gasteiger partial charge is 0.297 e. The Morgan fingerprint density at radius 2 is 1.29 bits per heavy atom. The molecule has 41 heavy (non-hydrogen) atoms. The van der Waals surface area contributed by atoms with Crippen LogP contribution in [0.2, 0.25) is 0 Å². The van der Waals surface area contributed by atoms with Crippen molar-refractivity contribution in [2.24, 2.45) is 0 Å². The summed E-state index contributed by atoms with van der Waals surface area (Å²) in [6, 6.07) is 41.1. The number of hydrogen-bond acceptors (Lipinski definition) is 3. The number of nitrogens with zero attached hydrogens (tertiary/aromatic N) is 2. The summed E-state index contributed by atoms with van der Waals surface area (Å²) in [4.78, 5) is 10.6. The van der Waals surface area contributed by atoms with Gasteiger partial charge in [0, 0.05) is 11.3 Å². The van der Waals surface area contributed by atoms with Crippen molar-refractivity contribution >= 4 is 21.4 Å². The summed E-state index contributed by atoms with van der Waals surface area (Å²) < 4.78 is 19.0. The van der Waals surface area contributed by atoms with E-state index in [2.05, 4.69) is 39.0 Å². The summed E-state index contributed by atoms with van der Waals surface area (Å²) in [5, 5.41) is 1.03. The fourth-order valence-electron chi connectivity index (χ4n) is 4.74. The van der Waals surface area contributed by atoms with Crippen molar-refractivity contribution in [1.29, 1.82) is 0 Å². The zero-order valence-corrected chi connectivity index (χ0v) is 25.5. The van der Waals surface area contributed by atoms with Crippen LogP contribution in [0.25, 0.3) is 31.9 Å². The molecule has 0 aliphatic rings. The van der Waals surface area contributed by atoms with E-state index >= 15 is 4.39 Å². The van der Waals surface area contributed by atoms with Gasteiger partial charge in [0.25, 0.3) is 0 Å². The first-order chi connectivity index (χ1) is 18.8. The molecule has 1 atom stereocenters. The SMILES string of the molecule is C.CC(C)(C)c1ccc(C(F)(c2cccc(-c3[c-]cccc3)n2)c2cccc(-c3[c-]c4ccccc4s3)n2)cc1.[Pt+2]. The minimum Gasteiger partial charge on any atom is -0.297 e. The third-order valence-corrected chi connectivity index (χ3v) is 8.01. The van der Waals surface area contributed by atoms with E-state index in [4.69, 9.17) is 9.97 Å². The predicted octanol–water partition coefficient (Wildman–Crippen LogP) is 9.82. The Kier molecular flexibility index (Phi) is 9.06. The summed E-state index contributed by atoms with van der Waals surface area (Å²) in [5.41, 5.74) is 2.23. The van der Waals surface area contributed by atoms with Crippen LogP contribution in [0.1, 0.15) is 50.7 Å². The van der Waals surface area contributed by atoms with Crippen LogP contribution in [0.4, 0.5) is 4.39 Å². The number of hydrogen-bond donors (Lipinski definition) is 0. The Morgan fingerprint density at radius 1 is 0.683 bits per heavy atom. The number of rotatable bonds is 5. The Bertz CT molecular complexity index is 1720. The summed E-state index contributed by atoms with van der Waals surface area (Å²) in [5.74, 6) is 0. The number of aromatic nitrogens is 2. The summed E-state index contributed by atoms with van der Waals surface area (Å²) in [6.07, 6.45) is 0. The minimum absolute atomic E-state index is 0. The van der Waals surface area contributed by atoms with Crippen molar-refractivity contribution in [3.8, 4) is 21.8 Å². The molecule has 0 aliphatic carbocycles. The number of halogens is 1. The van der Waals surface area contributed by atoms with Crippen molar-refractivity contribution < 1.29 is 25.5 Å². The second-order valence-corrected chi connectivity index (χ2v) is 11.7. The molecule has 5 heteroatoms. The van der Waals surface area contributed by atoms with E-state index in [0.717, 1.165) is 26.1 Å². The normalized spacial score (nSPS) is 12.7. The van der Waals surface area contributed by atoms with Crippen molar-refractivity contribution in [2.75, 3.05) is 0 Å². The van der Waals surface area contributed by atoms with Crippen LogP contribution in [0.3, 0.4) is 0 Å². The summed E-state index contributed by atoms with van der Waals surface area (Å²) in [7, 11) is 0. The van der Waals surface area contributed by atoms with Gasteiger partial charge >= 0.3 is 21.1 Å². The first-order valence-corrected chi connectivity index (χ1v) is 13.8. The van der Waals surface area contributed by atoms with Crippen molar-refractivity contribution in [3.63, 3.8) is 0 Å². The van der Waals surface area contributed by atoms with E-state index in [1.54, 1.807) is 23.5 Å². The zero-order chi connectivity index (χ0) is 27.0. The van der Waals surface area contributed by atoms with Gasteiger partial charge in [-0.05, 0) is 38.4 Å². The molecule has 0 saturated carbocycles. The van der Waals surface area contributed by atoms with Gasteiger partial charge in [0.1, 0.15) is 0 Å². The van der Waals surface area contributed by atoms with Crippen LogP contribution in [-0.2, 0) is 32.1 Å². The van der Waals surface area contributed by atoms with Gasteiger partial charge in [-0.1, -0.05) is 88.9 Å². The fraction of sp³-hybridized carbons (Fsp3) is 0.167. The first-order valence-electron chi connectivity index (χ1n) is 13.0. The van der Waals surface area contributed by atoms with Crippen molar-refractivity contribution in [3.05, 3.63) is 144 Å². The summed E-state index contributed by atoms with van der Waals surface area (Å²) >= 11 is 1.61. The van der Waals surface area contributed by atoms with E-state index in [1.807, 2.05) is 91.0 Å². The largest absolute Gasteiger partial charge is 2.00 e. The number of pyridine rings is 2. The van der Waals surface area contributed by atoms with E-state index in [9.17, 15) is 0 Å². The van der Waals surface area contributed by atoms with Crippen LogP contribution in [0.5, 0.6) is 0 Å². The number of fused-ring (bicyclic) bond motifs is 1. The summed E-state index contributed by atoms with van der Waals surface area (Å²) in [6.45, 7) is 6.45. The topological polar surface area (TPSA) is 25.8 Å². The molecule has 2 nitrogen and oxygen atoms in total. The van der Waals surface area contributed by atoms with E-state index < -0.39 is 5.67 Å². The molecule has 0 radical (unpaired) electrons. The average Bonchev–Trinajstić information content (AvgIpc) is 3.42. The van der Waals surface area contributed by atoms with E-state index in [0.29, 0.717) is 17.0 Å². The fourth-order valence-corrected chi connectivity index (χ4v) is 5.72. The Balaban J connectivity index is 0.00000194. The van der Waals surface area contributed by atoms with Gasteiger partial charge in [-0.25, -0.2) is 15.7 Å². The molecule has 0 saturated heterocycles. The molecule has 1 unspecified atom stereocenters. The van der Waals surface area contributed by atoms with Gasteiger partial charge in [-0.15, -0.1) is 59.5 Å². The van der Waals surface area contributed by atoms with Crippen LogP contribution in [-0.4, -0.2) is 9.97 Å². The molecule has 208 valence electrons. The molecule has 3 heterocycles. The van der Waals surface area contributed by atoms with E-state index in [-0.39, 0.29) is 45.3 Å². The second-order valence-electron chi connectivity index (χ2n) is 10.6. The molecular formula is C36H31FN2PtS. The minimum atomic E-state index is -2.08. The Labute approximate surface area is 260 Å². The van der Waals surface area contributed by atoms with Gasteiger partial charge in [0.2, 0.25) is 5.67 Å². The van der Waals surface area contributed by atoms with Crippen LogP contribution < -0.4 is 0 Å². The molecule has 0 amide bonds. The number of alkyl halides is 1. The molecule has 6 aromatic rings. The average molecular weight is 738 g/mol. The van der Waals surface area contributed by atoms with Gasteiger partial charge in [-0.3, -0.25) is 9.97 Å².